The van der Waals surface area contributed by atoms with Crippen LogP contribution < -0.4 is 5.32 Å². The van der Waals surface area contributed by atoms with Gasteiger partial charge in [-0.2, -0.15) is 0 Å². The molecule has 2 fully saturated rings. The van der Waals surface area contributed by atoms with Crippen molar-refractivity contribution in [2.24, 2.45) is 0 Å². The fourth-order valence-corrected chi connectivity index (χ4v) is 3.48. The highest BCUT2D eigenvalue weighted by Gasteiger charge is 2.40. The number of hydrogen-bond donors (Lipinski definition) is 2. The molecular weight excluding hydrogens is 226 g/mol. The zero-order valence-corrected chi connectivity index (χ0v) is 12.2. The molecule has 1 aliphatic carbocycles. The number of hydrogen-bond acceptors (Lipinski definition) is 4. The molecule has 2 N–H and O–H groups in total. The second-order valence-electron chi connectivity index (χ2n) is 6.25. The minimum absolute atomic E-state index is 0.0140. The number of aliphatic hydroxyl groups is 1. The van der Waals surface area contributed by atoms with Crippen molar-refractivity contribution in [1.29, 1.82) is 0 Å². The van der Waals surface area contributed by atoms with Gasteiger partial charge in [0.2, 0.25) is 0 Å². The van der Waals surface area contributed by atoms with Gasteiger partial charge in [-0.25, -0.2) is 0 Å². The molecule has 1 saturated carbocycles. The van der Waals surface area contributed by atoms with Crippen LogP contribution in [0.5, 0.6) is 0 Å². The number of aliphatic hydroxyl groups excluding tert-OH is 1. The summed E-state index contributed by atoms with van der Waals surface area (Å²) in [5.74, 6) is 0. The van der Waals surface area contributed by atoms with E-state index in [0.717, 1.165) is 12.8 Å². The Morgan fingerprint density at radius 2 is 1.94 bits per heavy atom. The van der Waals surface area contributed by atoms with Gasteiger partial charge in [-0.05, 0) is 40.2 Å². The molecule has 2 unspecified atom stereocenters. The number of piperazine rings is 1. The van der Waals surface area contributed by atoms with Gasteiger partial charge in [-0.1, -0.05) is 0 Å². The van der Waals surface area contributed by atoms with Gasteiger partial charge in [0.1, 0.15) is 0 Å². The van der Waals surface area contributed by atoms with Crippen molar-refractivity contribution < 1.29 is 5.11 Å². The maximum atomic E-state index is 9.56. The van der Waals surface area contributed by atoms with E-state index < -0.39 is 0 Å². The Balaban J connectivity index is 1.84. The molecule has 0 aromatic rings. The summed E-state index contributed by atoms with van der Waals surface area (Å²) in [6.45, 7) is 9.60. The van der Waals surface area contributed by atoms with Gasteiger partial charge in [0, 0.05) is 43.8 Å². The molecule has 106 valence electrons. The Bertz CT molecular complexity index is 258. The first-order chi connectivity index (χ1) is 8.60. The molecule has 1 aliphatic heterocycles. The van der Waals surface area contributed by atoms with Gasteiger partial charge in [-0.3, -0.25) is 9.80 Å². The highest BCUT2D eigenvalue weighted by atomic mass is 16.3. The van der Waals surface area contributed by atoms with E-state index in [-0.39, 0.29) is 12.1 Å². The van der Waals surface area contributed by atoms with Gasteiger partial charge in [0.05, 0.1) is 6.61 Å². The lowest BCUT2D eigenvalue weighted by atomic mass is 9.98. The standard InChI is InChI=1S/C14H29N3O/c1-12(2)16-6-8-17(9-7-16)13-4-5-14(10-13,11-18)15-3/h12-13,15,18H,4-11H2,1-3H3. The van der Waals surface area contributed by atoms with E-state index in [1.165, 1.54) is 32.6 Å². The predicted octanol–water partition coefficient (Wildman–Crippen LogP) is 0.515. The van der Waals surface area contributed by atoms with Gasteiger partial charge in [0.25, 0.3) is 0 Å². The van der Waals surface area contributed by atoms with E-state index in [9.17, 15) is 5.11 Å². The Morgan fingerprint density at radius 1 is 1.28 bits per heavy atom. The largest absolute Gasteiger partial charge is 0.394 e. The number of likely N-dealkylation sites (N-methyl/N-ethyl adjacent to an activating group) is 1. The molecule has 2 rings (SSSR count). The van der Waals surface area contributed by atoms with E-state index in [0.29, 0.717) is 12.1 Å². The van der Waals surface area contributed by atoms with Crippen molar-refractivity contribution >= 4 is 0 Å². The van der Waals surface area contributed by atoms with Gasteiger partial charge >= 0.3 is 0 Å². The van der Waals surface area contributed by atoms with Crippen LogP contribution in [0.2, 0.25) is 0 Å². The van der Waals surface area contributed by atoms with Crippen LogP contribution in [-0.2, 0) is 0 Å². The summed E-state index contributed by atoms with van der Waals surface area (Å²) in [4.78, 5) is 5.19. The summed E-state index contributed by atoms with van der Waals surface area (Å²) in [6, 6.07) is 1.34. The molecule has 0 spiro atoms. The SMILES string of the molecule is CNC1(CO)CCC(N2CCN(C(C)C)CC2)C1. The first-order valence-electron chi connectivity index (χ1n) is 7.38. The van der Waals surface area contributed by atoms with Gasteiger partial charge in [-0.15, -0.1) is 0 Å². The van der Waals surface area contributed by atoms with Crippen molar-refractivity contribution in [3.8, 4) is 0 Å². The quantitative estimate of drug-likeness (QED) is 0.768. The minimum atomic E-state index is -0.0140. The molecule has 2 aliphatic rings. The second kappa shape index (κ2) is 5.87. The second-order valence-corrected chi connectivity index (χ2v) is 6.25. The molecule has 1 heterocycles. The number of nitrogens with zero attached hydrogens (tertiary/aromatic N) is 2. The summed E-state index contributed by atoms with van der Waals surface area (Å²) in [7, 11) is 1.98. The maximum absolute atomic E-state index is 9.56. The van der Waals surface area contributed by atoms with Crippen LogP contribution in [0.1, 0.15) is 33.1 Å². The average molecular weight is 255 g/mol. The van der Waals surface area contributed by atoms with Crippen LogP contribution in [-0.4, -0.2) is 72.4 Å². The third-order valence-electron chi connectivity index (χ3n) is 5.01. The van der Waals surface area contributed by atoms with Crippen LogP contribution in [0, 0.1) is 0 Å². The maximum Gasteiger partial charge on any atom is 0.0613 e. The van der Waals surface area contributed by atoms with E-state index in [2.05, 4.69) is 29.0 Å². The fourth-order valence-electron chi connectivity index (χ4n) is 3.48. The van der Waals surface area contributed by atoms with E-state index in [1.807, 2.05) is 7.05 Å². The number of nitrogens with one attached hydrogen (secondary N) is 1. The lowest BCUT2D eigenvalue weighted by Gasteiger charge is -2.40. The molecule has 4 nitrogen and oxygen atoms in total. The van der Waals surface area contributed by atoms with Crippen molar-refractivity contribution in [2.75, 3.05) is 39.8 Å². The van der Waals surface area contributed by atoms with Crippen LogP contribution in [0.15, 0.2) is 0 Å². The van der Waals surface area contributed by atoms with Crippen molar-refractivity contribution in [3.05, 3.63) is 0 Å². The van der Waals surface area contributed by atoms with Crippen LogP contribution in [0.25, 0.3) is 0 Å². The Morgan fingerprint density at radius 3 is 2.39 bits per heavy atom. The zero-order valence-electron chi connectivity index (χ0n) is 12.2. The van der Waals surface area contributed by atoms with Gasteiger partial charge < -0.3 is 10.4 Å². The smallest absolute Gasteiger partial charge is 0.0613 e. The highest BCUT2D eigenvalue weighted by molar-refractivity contribution is 4.99. The summed E-state index contributed by atoms with van der Waals surface area (Å²) in [5, 5.41) is 12.9. The summed E-state index contributed by atoms with van der Waals surface area (Å²) in [6.07, 6.45) is 3.43. The first-order valence-corrected chi connectivity index (χ1v) is 7.38. The first kappa shape index (κ1) is 14.3. The molecule has 18 heavy (non-hydrogen) atoms. The van der Waals surface area contributed by atoms with Crippen LogP contribution >= 0.6 is 0 Å². The van der Waals surface area contributed by atoms with E-state index in [1.54, 1.807) is 0 Å². The Hall–Kier alpha value is -0.160. The third kappa shape index (κ3) is 2.87. The summed E-state index contributed by atoms with van der Waals surface area (Å²) >= 11 is 0. The summed E-state index contributed by atoms with van der Waals surface area (Å²) in [5.41, 5.74) is -0.0140. The molecule has 4 heteroatoms. The van der Waals surface area contributed by atoms with Crippen molar-refractivity contribution in [1.82, 2.24) is 15.1 Å². The predicted molar refractivity (Wildman–Crippen MR) is 74.8 cm³/mol. The molecule has 1 saturated heterocycles. The molecular formula is C14H29N3O. The normalized spacial score (nSPS) is 35.5. The molecule has 0 amide bonds. The molecule has 0 bridgehead atoms. The lowest BCUT2D eigenvalue weighted by Crippen LogP contribution is -2.52. The molecule has 0 aromatic heterocycles. The van der Waals surface area contributed by atoms with Gasteiger partial charge in [0.15, 0.2) is 0 Å². The Labute approximate surface area is 111 Å². The van der Waals surface area contributed by atoms with Crippen LogP contribution in [0.4, 0.5) is 0 Å². The van der Waals surface area contributed by atoms with E-state index >= 15 is 0 Å². The summed E-state index contributed by atoms with van der Waals surface area (Å²) < 4.78 is 0. The van der Waals surface area contributed by atoms with Crippen molar-refractivity contribution in [2.45, 2.75) is 50.7 Å². The molecule has 0 radical (unpaired) electrons. The average Bonchev–Trinajstić information content (AvgIpc) is 2.84. The van der Waals surface area contributed by atoms with E-state index in [4.69, 9.17) is 0 Å². The van der Waals surface area contributed by atoms with Crippen LogP contribution in [0.3, 0.4) is 0 Å². The van der Waals surface area contributed by atoms with Crippen molar-refractivity contribution in [3.63, 3.8) is 0 Å². The minimum Gasteiger partial charge on any atom is -0.394 e. The molecule has 0 aromatic carbocycles. The Kier molecular flexibility index (Phi) is 4.64. The topological polar surface area (TPSA) is 38.7 Å². The monoisotopic (exact) mass is 255 g/mol. The lowest BCUT2D eigenvalue weighted by molar-refractivity contribution is 0.0737. The highest BCUT2D eigenvalue weighted by Crippen LogP contribution is 2.33. The number of rotatable bonds is 4. The fraction of sp³-hybridized carbons (Fsp3) is 1.00. The molecule has 2 atom stereocenters. The zero-order chi connectivity index (χ0) is 13.2. The third-order valence-corrected chi connectivity index (χ3v) is 5.01.